The van der Waals surface area contributed by atoms with Crippen LogP contribution >= 0.6 is 0 Å². The molecule has 0 amide bonds. The highest BCUT2D eigenvalue weighted by atomic mass is 28.4. The highest BCUT2D eigenvalue weighted by molar-refractivity contribution is 6.85. The Morgan fingerprint density at radius 3 is 1.38 bits per heavy atom. The van der Waals surface area contributed by atoms with Gasteiger partial charge in [-0.1, -0.05) is 84.0 Å². The van der Waals surface area contributed by atoms with Gasteiger partial charge in [0.2, 0.25) is 5.82 Å². The molecule has 0 aliphatic heterocycles. The Bertz CT molecular complexity index is 696. The molecule has 0 aliphatic carbocycles. The zero-order chi connectivity index (χ0) is 24.1. The van der Waals surface area contributed by atoms with Crippen molar-refractivity contribution >= 4 is 19.5 Å². The summed E-state index contributed by atoms with van der Waals surface area (Å²) in [6, 6.07) is 0. The summed E-state index contributed by atoms with van der Waals surface area (Å²) in [5.74, 6) is -10.8. The van der Waals surface area contributed by atoms with Crippen LogP contribution in [-0.4, -0.2) is 14.3 Å². The number of hydrogen-bond acceptors (Lipinski definition) is 2. The molecule has 8 heteroatoms. The van der Waals surface area contributed by atoms with E-state index in [1.807, 2.05) is 0 Å². The molecule has 0 aromatic heterocycles. The van der Waals surface area contributed by atoms with Crippen molar-refractivity contribution in [1.82, 2.24) is 0 Å². The molecule has 0 N–H and O–H groups in total. The van der Waals surface area contributed by atoms with Crippen molar-refractivity contribution in [1.29, 1.82) is 0 Å². The third-order valence-corrected chi connectivity index (χ3v) is 8.05. The van der Waals surface area contributed by atoms with Gasteiger partial charge in [-0.05, 0) is 19.5 Å². The lowest BCUT2D eigenvalue weighted by Crippen LogP contribution is -2.51. The van der Waals surface area contributed by atoms with Crippen molar-refractivity contribution in [2.75, 3.05) is 0 Å². The zero-order valence-corrected chi connectivity index (χ0v) is 20.6. The van der Waals surface area contributed by atoms with E-state index in [4.69, 9.17) is 4.43 Å². The smallest absolute Gasteiger partial charge is 0.292 e. The summed E-state index contributed by atoms with van der Waals surface area (Å²) in [6.07, 6.45) is 15.0. The van der Waals surface area contributed by atoms with Gasteiger partial charge in [0.05, 0.1) is 5.19 Å². The Morgan fingerprint density at radius 2 is 0.969 bits per heavy atom. The molecule has 184 valence electrons. The minimum absolute atomic E-state index is 0.0591. The predicted molar refractivity (Wildman–Crippen MR) is 120 cm³/mol. The van der Waals surface area contributed by atoms with E-state index in [1.165, 1.54) is 70.9 Å². The fourth-order valence-corrected chi connectivity index (χ4v) is 5.86. The van der Waals surface area contributed by atoms with E-state index in [2.05, 4.69) is 6.92 Å². The first-order valence-corrected chi connectivity index (χ1v) is 14.8. The molecule has 0 spiro atoms. The Balaban J connectivity index is 2.28. The third kappa shape index (κ3) is 9.20. The normalized spacial score (nSPS) is 11.8. The van der Waals surface area contributed by atoms with Gasteiger partial charge >= 0.3 is 0 Å². The molecule has 1 aromatic carbocycles. The molecule has 0 unspecified atom stereocenters. The monoisotopic (exact) mass is 480 g/mol. The minimum atomic E-state index is -3.67. The van der Waals surface area contributed by atoms with Crippen molar-refractivity contribution in [2.45, 2.75) is 110 Å². The summed E-state index contributed by atoms with van der Waals surface area (Å²) in [5, 5.41) is -1.01. The molecule has 0 radical (unpaired) electrons. The largest absolute Gasteiger partial charge is 0.515 e. The fourth-order valence-electron chi connectivity index (χ4n) is 3.81. The van der Waals surface area contributed by atoms with Gasteiger partial charge in [0.1, 0.15) is 0 Å². The van der Waals surface area contributed by atoms with Crippen LogP contribution < -0.4 is 5.19 Å². The van der Waals surface area contributed by atoms with Crippen molar-refractivity contribution in [3.8, 4) is 0 Å². The molecule has 2 nitrogen and oxygen atoms in total. The first kappa shape index (κ1) is 28.6. The van der Waals surface area contributed by atoms with Crippen molar-refractivity contribution < 1.29 is 31.2 Å². The lowest BCUT2D eigenvalue weighted by atomic mass is 10.0. The zero-order valence-electron chi connectivity index (χ0n) is 19.6. The van der Waals surface area contributed by atoms with Gasteiger partial charge in [-0.15, -0.1) is 0 Å². The lowest BCUT2D eigenvalue weighted by Gasteiger charge is -2.24. The van der Waals surface area contributed by atoms with E-state index < -0.39 is 48.6 Å². The highest BCUT2D eigenvalue weighted by Gasteiger charge is 2.40. The van der Waals surface area contributed by atoms with Crippen molar-refractivity contribution in [3.05, 3.63) is 29.1 Å². The summed E-state index contributed by atoms with van der Waals surface area (Å²) >= 11 is 0. The number of halogens is 5. The summed E-state index contributed by atoms with van der Waals surface area (Å²) in [5.41, 5.74) is 0. The van der Waals surface area contributed by atoms with E-state index in [-0.39, 0.29) is 6.42 Å². The Kier molecular flexibility index (Phi) is 13.1. The first-order valence-electron chi connectivity index (χ1n) is 11.9. The molecule has 0 saturated carbocycles. The maximum atomic E-state index is 14.0. The van der Waals surface area contributed by atoms with Crippen LogP contribution in [-0.2, 0) is 9.22 Å². The molecule has 0 fully saturated rings. The second-order valence-electron chi connectivity index (χ2n) is 8.92. The SMILES string of the molecule is CCCCCCCCCCCCCCCC(=O)O[Si](C)(C)c1c(F)c(F)c(F)c(F)c1F. The lowest BCUT2D eigenvalue weighted by molar-refractivity contribution is -0.135. The van der Waals surface area contributed by atoms with Crippen LogP contribution in [0.1, 0.15) is 96.8 Å². The molecular formula is C24H37F5O2Si. The molecule has 0 heterocycles. The van der Waals surface area contributed by atoms with E-state index >= 15 is 0 Å². The van der Waals surface area contributed by atoms with E-state index in [0.29, 0.717) is 6.42 Å². The number of hydrogen-bond donors (Lipinski definition) is 0. The van der Waals surface area contributed by atoms with Crippen LogP contribution in [0.15, 0.2) is 0 Å². The van der Waals surface area contributed by atoms with Gasteiger partial charge in [-0.3, -0.25) is 4.79 Å². The van der Waals surface area contributed by atoms with Crippen LogP contribution in [0.2, 0.25) is 13.1 Å². The van der Waals surface area contributed by atoms with Crippen LogP contribution in [0, 0.1) is 29.1 Å². The van der Waals surface area contributed by atoms with E-state index in [9.17, 15) is 26.7 Å². The van der Waals surface area contributed by atoms with Crippen molar-refractivity contribution in [3.63, 3.8) is 0 Å². The molecule has 0 saturated heterocycles. The van der Waals surface area contributed by atoms with Crippen LogP contribution in [0.4, 0.5) is 22.0 Å². The molecule has 32 heavy (non-hydrogen) atoms. The predicted octanol–water partition coefficient (Wildman–Crippen LogP) is 7.82. The summed E-state index contributed by atoms with van der Waals surface area (Å²) in [4.78, 5) is 12.1. The Hall–Kier alpha value is -1.44. The summed E-state index contributed by atoms with van der Waals surface area (Å²) in [7, 11) is -3.67. The fraction of sp³-hybridized carbons (Fsp3) is 0.708. The van der Waals surface area contributed by atoms with Crippen LogP contribution in [0.3, 0.4) is 0 Å². The topological polar surface area (TPSA) is 26.3 Å². The number of carbonyl (C=O) groups excluding carboxylic acids is 1. The summed E-state index contributed by atoms with van der Waals surface area (Å²) in [6.45, 7) is 4.70. The minimum Gasteiger partial charge on any atom is -0.515 e. The van der Waals surface area contributed by atoms with Crippen LogP contribution in [0.25, 0.3) is 0 Å². The molecule has 0 atom stereocenters. The van der Waals surface area contributed by atoms with Crippen LogP contribution in [0.5, 0.6) is 0 Å². The molecule has 1 rings (SSSR count). The van der Waals surface area contributed by atoms with Gasteiger partial charge < -0.3 is 4.43 Å². The van der Waals surface area contributed by atoms with Gasteiger partial charge in [0.25, 0.3) is 14.3 Å². The quantitative estimate of drug-likeness (QED) is 0.0793. The Labute approximate surface area is 190 Å². The second kappa shape index (κ2) is 14.7. The molecule has 0 aliphatic rings. The third-order valence-electron chi connectivity index (χ3n) is 5.67. The van der Waals surface area contributed by atoms with Gasteiger partial charge in [0, 0.05) is 6.42 Å². The maximum absolute atomic E-state index is 14.0. The summed E-state index contributed by atoms with van der Waals surface area (Å²) < 4.78 is 73.5. The van der Waals surface area contributed by atoms with Gasteiger partial charge in [-0.2, -0.15) is 0 Å². The average Bonchev–Trinajstić information content (AvgIpc) is 2.73. The number of benzene rings is 1. The van der Waals surface area contributed by atoms with Gasteiger partial charge in [-0.25, -0.2) is 22.0 Å². The molecule has 1 aromatic rings. The van der Waals surface area contributed by atoms with Gasteiger partial charge in [0.15, 0.2) is 23.3 Å². The maximum Gasteiger partial charge on any atom is 0.292 e. The highest BCUT2D eigenvalue weighted by Crippen LogP contribution is 2.21. The first-order chi connectivity index (χ1) is 15.1. The molecule has 0 bridgehead atoms. The number of unbranched alkanes of at least 4 members (excludes halogenated alkanes) is 12. The van der Waals surface area contributed by atoms with Crippen molar-refractivity contribution in [2.24, 2.45) is 0 Å². The number of rotatable bonds is 16. The number of carbonyl (C=O) groups is 1. The Morgan fingerprint density at radius 1 is 0.625 bits per heavy atom. The van der Waals surface area contributed by atoms with E-state index in [1.54, 1.807) is 0 Å². The average molecular weight is 481 g/mol. The molecular weight excluding hydrogens is 443 g/mol. The van der Waals surface area contributed by atoms with E-state index in [0.717, 1.165) is 19.3 Å². The standard InChI is InChI=1S/C24H37F5O2Si/c1-4-5-6-7-8-9-10-11-12-13-14-15-16-17-18(30)31-32(2,3)24-22(28)20(26)19(25)21(27)23(24)29/h4-17H2,1-3H3. The second-order valence-corrected chi connectivity index (χ2v) is 12.6.